The van der Waals surface area contributed by atoms with Crippen molar-refractivity contribution in [3.05, 3.63) is 84.9 Å². The summed E-state index contributed by atoms with van der Waals surface area (Å²) in [6.45, 7) is 1.32. The van der Waals surface area contributed by atoms with E-state index >= 15 is 0 Å². The Labute approximate surface area is 189 Å². The standard InChI is InChI=1S/C25H22N4O2S/c1-31-21-11-5-12-22-23(21)27-25(32-22)29(15-6-14-28-16-13-26-17-28)24(30)20-10-4-8-18-7-2-3-9-19(18)20/h2-5,7-13,16-17H,6,14-15H2,1H3. The van der Waals surface area contributed by atoms with E-state index in [-0.39, 0.29) is 5.91 Å². The highest BCUT2D eigenvalue weighted by Crippen LogP contribution is 2.35. The van der Waals surface area contributed by atoms with Crippen molar-refractivity contribution in [2.45, 2.75) is 13.0 Å². The molecule has 0 aliphatic heterocycles. The molecule has 160 valence electrons. The van der Waals surface area contributed by atoms with E-state index in [1.165, 1.54) is 11.3 Å². The monoisotopic (exact) mass is 442 g/mol. The van der Waals surface area contributed by atoms with E-state index in [2.05, 4.69) is 4.98 Å². The summed E-state index contributed by atoms with van der Waals surface area (Å²) in [5.74, 6) is 0.659. The van der Waals surface area contributed by atoms with E-state index in [0.29, 0.717) is 23.0 Å². The van der Waals surface area contributed by atoms with Gasteiger partial charge in [0.05, 0.1) is 18.1 Å². The molecule has 5 rings (SSSR count). The molecule has 0 aliphatic rings. The van der Waals surface area contributed by atoms with Crippen molar-refractivity contribution in [2.75, 3.05) is 18.6 Å². The van der Waals surface area contributed by atoms with Crippen LogP contribution in [0.4, 0.5) is 5.13 Å². The van der Waals surface area contributed by atoms with Crippen LogP contribution in [-0.4, -0.2) is 34.1 Å². The number of para-hydroxylation sites is 1. The Bertz CT molecular complexity index is 1370. The molecule has 0 atom stereocenters. The molecule has 2 heterocycles. The molecule has 1 amide bonds. The Morgan fingerprint density at radius 1 is 1.09 bits per heavy atom. The van der Waals surface area contributed by atoms with E-state index in [4.69, 9.17) is 9.72 Å². The molecule has 6 nitrogen and oxygen atoms in total. The average Bonchev–Trinajstić information content (AvgIpc) is 3.50. The smallest absolute Gasteiger partial charge is 0.260 e. The maximum Gasteiger partial charge on any atom is 0.260 e. The van der Waals surface area contributed by atoms with Gasteiger partial charge in [-0.2, -0.15) is 0 Å². The van der Waals surface area contributed by atoms with Gasteiger partial charge in [0.1, 0.15) is 11.3 Å². The maximum absolute atomic E-state index is 13.8. The van der Waals surface area contributed by atoms with Crippen molar-refractivity contribution in [3.8, 4) is 5.75 Å². The minimum Gasteiger partial charge on any atom is -0.494 e. The number of anilines is 1. The second kappa shape index (κ2) is 8.80. The average molecular weight is 443 g/mol. The molecule has 0 radical (unpaired) electrons. The van der Waals surface area contributed by atoms with Crippen molar-refractivity contribution in [2.24, 2.45) is 0 Å². The summed E-state index contributed by atoms with van der Waals surface area (Å²) < 4.78 is 8.49. The number of amides is 1. The van der Waals surface area contributed by atoms with E-state index in [9.17, 15) is 4.79 Å². The zero-order valence-corrected chi connectivity index (χ0v) is 18.5. The zero-order chi connectivity index (χ0) is 21.9. The number of benzene rings is 3. The third kappa shape index (κ3) is 3.83. The normalized spacial score (nSPS) is 11.2. The number of imidazole rings is 1. The molecule has 0 fully saturated rings. The number of fused-ring (bicyclic) bond motifs is 2. The number of aromatic nitrogens is 3. The number of methoxy groups -OCH3 is 1. The summed E-state index contributed by atoms with van der Waals surface area (Å²) >= 11 is 1.51. The van der Waals surface area contributed by atoms with Crippen LogP contribution in [0.15, 0.2) is 79.4 Å². The van der Waals surface area contributed by atoms with Gasteiger partial charge in [-0.05, 0) is 35.4 Å². The largest absolute Gasteiger partial charge is 0.494 e. The molecule has 0 unspecified atom stereocenters. The van der Waals surface area contributed by atoms with Gasteiger partial charge in [-0.25, -0.2) is 9.97 Å². The quantitative estimate of drug-likeness (QED) is 0.339. The van der Waals surface area contributed by atoms with Crippen LogP contribution in [0.25, 0.3) is 21.0 Å². The highest BCUT2D eigenvalue weighted by molar-refractivity contribution is 7.22. The Hall–Kier alpha value is -3.71. The summed E-state index contributed by atoms with van der Waals surface area (Å²) in [5, 5.41) is 2.66. The van der Waals surface area contributed by atoms with Gasteiger partial charge >= 0.3 is 0 Å². The lowest BCUT2D eigenvalue weighted by atomic mass is 10.0. The third-order valence-electron chi connectivity index (χ3n) is 5.44. The summed E-state index contributed by atoms with van der Waals surface area (Å²) in [5.41, 5.74) is 1.46. The lowest BCUT2D eigenvalue weighted by Crippen LogP contribution is -2.32. The highest BCUT2D eigenvalue weighted by Gasteiger charge is 2.23. The van der Waals surface area contributed by atoms with Crippen LogP contribution in [0, 0.1) is 0 Å². The molecule has 5 aromatic rings. The molecule has 3 aromatic carbocycles. The number of carbonyl (C=O) groups excluding carboxylic acids is 1. The molecule has 32 heavy (non-hydrogen) atoms. The van der Waals surface area contributed by atoms with Crippen molar-refractivity contribution in [3.63, 3.8) is 0 Å². The first-order valence-electron chi connectivity index (χ1n) is 10.4. The molecule has 0 aliphatic carbocycles. The van der Waals surface area contributed by atoms with Crippen molar-refractivity contribution >= 4 is 43.4 Å². The SMILES string of the molecule is COc1cccc2sc(N(CCCn3ccnc3)C(=O)c3cccc4ccccc34)nc12. The van der Waals surface area contributed by atoms with Crippen molar-refractivity contribution in [1.29, 1.82) is 0 Å². The number of nitrogens with zero attached hydrogens (tertiary/aromatic N) is 4. The van der Waals surface area contributed by atoms with E-state index in [1.807, 2.05) is 71.4 Å². The lowest BCUT2D eigenvalue weighted by molar-refractivity contribution is 0.0988. The van der Waals surface area contributed by atoms with Gasteiger partial charge in [0.15, 0.2) is 5.13 Å². The zero-order valence-electron chi connectivity index (χ0n) is 17.6. The number of ether oxygens (including phenoxy) is 1. The van der Waals surface area contributed by atoms with Crippen LogP contribution in [0.5, 0.6) is 5.75 Å². The molecular formula is C25H22N4O2S. The number of aryl methyl sites for hydroxylation is 1. The van der Waals surface area contributed by atoms with Gasteiger partial charge in [-0.15, -0.1) is 0 Å². The van der Waals surface area contributed by atoms with Crippen molar-refractivity contribution in [1.82, 2.24) is 14.5 Å². The highest BCUT2D eigenvalue weighted by atomic mass is 32.1. The number of carbonyl (C=O) groups is 1. The minimum atomic E-state index is -0.0505. The van der Waals surface area contributed by atoms with Crippen LogP contribution in [0.3, 0.4) is 0 Å². The van der Waals surface area contributed by atoms with Gasteiger partial charge in [-0.3, -0.25) is 9.69 Å². The topological polar surface area (TPSA) is 60.2 Å². The van der Waals surface area contributed by atoms with Crippen LogP contribution in [0.1, 0.15) is 16.8 Å². The van der Waals surface area contributed by atoms with Crippen LogP contribution < -0.4 is 9.64 Å². The van der Waals surface area contributed by atoms with Gasteiger partial charge in [0.2, 0.25) is 0 Å². The predicted octanol–water partition coefficient (Wildman–Crippen LogP) is 5.39. The number of hydrogen-bond acceptors (Lipinski definition) is 5. The molecule has 0 spiro atoms. The van der Waals surface area contributed by atoms with E-state index < -0.39 is 0 Å². The first-order valence-corrected chi connectivity index (χ1v) is 11.2. The fourth-order valence-electron chi connectivity index (χ4n) is 3.86. The van der Waals surface area contributed by atoms with Gasteiger partial charge in [0.25, 0.3) is 5.91 Å². The summed E-state index contributed by atoms with van der Waals surface area (Å²) in [4.78, 5) is 24.5. The second-order valence-corrected chi connectivity index (χ2v) is 8.45. The fourth-order valence-corrected chi connectivity index (χ4v) is 4.87. The molecule has 0 N–H and O–H groups in total. The molecule has 2 aromatic heterocycles. The summed E-state index contributed by atoms with van der Waals surface area (Å²) in [7, 11) is 1.64. The molecule has 0 saturated carbocycles. The molecular weight excluding hydrogens is 420 g/mol. The summed E-state index contributed by atoms with van der Waals surface area (Å²) in [6, 6.07) is 19.7. The van der Waals surface area contributed by atoms with Gasteiger partial charge in [0, 0.05) is 31.0 Å². The van der Waals surface area contributed by atoms with Crippen LogP contribution in [0.2, 0.25) is 0 Å². The number of thiazole rings is 1. The van der Waals surface area contributed by atoms with E-state index in [1.54, 1.807) is 24.5 Å². The Kier molecular flexibility index (Phi) is 5.56. The molecule has 7 heteroatoms. The maximum atomic E-state index is 13.8. The first kappa shape index (κ1) is 20.2. The number of hydrogen-bond donors (Lipinski definition) is 0. The summed E-state index contributed by atoms with van der Waals surface area (Å²) in [6.07, 6.45) is 6.26. The molecule has 0 saturated heterocycles. The fraction of sp³-hybridized carbons (Fsp3) is 0.160. The third-order valence-corrected chi connectivity index (χ3v) is 6.49. The van der Waals surface area contributed by atoms with Gasteiger partial charge in [-0.1, -0.05) is 53.8 Å². The Morgan fingerprint density at radius 3 is 2.78 bits per heavy atom. The lowest BCUT2D eigenvalue weighted by Gasteiger charge is -2.21. The molecule has 0 bridgehead atoms. The second-order valence-electron chi connectivity index (χ2n) is 7.44. The number of rotatable bonds is 7. The van der Waals surface area contributed by atoms with Crippen molar-refractivity contribution < 1.29 is 9.53 Å². The first-order chi connectivity index (χ1) is 15.7. The predicted molar refractivity (Wildman–Crippen MR) is 129 cm³/mol. The van der Waals surface area contributed by atoms with E-state index in [0.717, 1.165) is 34.0 Å². The van der Waals surface area contributed by atoms with Crippen LogP contribution >= 0.6 is 11.3 Å². The Balaban J connectivity index is 1.54. The minimum absolute atomic E-state index is 0.0505. The van der Waals surface area contributed by atoms with Crippen LogP contribution in [-0.2, 0) is 6.54 Å². The van der Waals surface area contributed by atoms with Gasteiger partial charge < -0.3 is 9.30 Å². The Morgan fingerprint density at radius 2 is 1.94 bits per heavy atom.